The van der Waals surface area contributed by atoms with E-state index in [-0.39, 0.29) is 12.4 Å². The lowest BCUT2D eigenvalue weighted by atomic mass is 10.2. The maximum absolute atomic E-state index is 5.86. The van der Waals surface area contributed by atoms with E-state index in [1.54, 1.807) is 0 Å². The van der Waals surface area contributed by atoms with E-state index >= 15 is 0 Å². The van der Waals surface area contributed by atoms with Crippen LogP contribution in [-0.2, 0) is 6.54 Å². The van der Waals surface area contributed by atoms with Crippen molar-refractivity contribution in [3.05, 3.63) is 34.9 Å². The standard InChI is InChI=1S/C11H16ClN.ClH/c1-9(2)7-13-8-10-4-3-5-11(12)6-10;/h3-6,9,13H,7-8H2,1-2H3;1H/p-1. The smallest absolute Gasteiger partial charge is 0.0409 e. The Morgan fingerprint density at radius 3 is 2.64 bits per heavy atom. The van der Waals surface area contributed by atoms with Crippen LogP contribution in [-0.4, -0.2) is 6.54 Å². The highest BCUT2D eigenvalue weighted by Gasteiger charge is 1.95. The maximum Gasteiger partial charge on any atom is 0.0409 e. The highest BCUT2D eigenvalue weighted by atomic mass is 35.5. The zero-order chi connectivity index (χ0) is 9.68. The second-order valence-corrected chi connectivity index (χ2v) is 4.09. The minimum atomic E-state index is 0. The third-order valence-electron chi connectivity index (χ3n) is 1.77. The van der Waals surface area contributed by atoms with Gasteiger partial charge in [0.15, 0.2) is 0 Å². The van der Waals surface area contributed by atoms with Crippen molar-refractivity contribution in [3.63, 3.8) is 0 Å². The SMILES string of the molecule is CC(C)CNCc1cccc(Cl)c1.[Cl-]. The van der Waals surface area contributed by atoms with Gasteiger partial charge in [0.1, 0.15) is 0 Å². The van der Waals surface area contributed by atoms with E-state index in [2.05, 4.69) is 25.2 Å². The molecule has 0 spiro atoms. The van der Waals surface area contributed by atoms with Gasteiger partial charge in [0, 0.05) is 11.6 Å². The van der Waals surface area contributed by atoms with Gasteiger partial charge in [-0.1, -0.05) is 37.6 Å². The first-order valence-electron chi connectivity index (χ1n) is 4.63. The fourth-order valence-electron chi connectivity index (χ4n) is 1.15. The van der Waals surface area contributed by atoms with Crippen LogP contribution < -0.4 is 17.7 Å². The van der Waals surface area contributed by atoms with Gasteiger partial charge in [-0.2, -0.15) is 0 Å². The summed E-state index contributed by atoms with van der Waals surface area (Å²) in [6.07, 6.45) is 0. The fraction of sp³-hybridized carbons (Fsp3) is 0.455. The number of rotatable bonds is 4. The van der Waals surface area contributed by atoms with Crippen LogP contribution in [0.1, 0.15) is 19.4 Å². The quantitative estimate of drug-likeness (QED) is 0.777. The second kappa shape index (κ2) is 7.10. The van der Waals surface area contributed by atoms with Gasteiger partial charge in [0.25, 0.3) is 0 Å². The molecule has 0 saturated carbocycles. The molecule has 0 aromatic heterocycles. The largest absolute Gasteiger partial charge is 1.00 e. The van der Waals surface area contributed by atoms with Crippen LogP contribution in [0.3, 0.4) is 0 Å². The zero-order valence-corrected chi connectivity index (χ0v) is 10.1. The molecule has 1 rings (SSSR count). The molecular formula is C11H16Cl2N-. The van der Waals surface area contributed by atoms with E-state index in [0.717, 1.165) is 18.1 Å². The molecule has 1 aromatic rings. The van der Waals surface area contributed by atoms with Crippen molar-refractivity contribution in [2.24, 2.45) is 5.92 Å². The van der Waals surface area contributed by atoms with Gasteiger partial charge in [-0.05, 0) is 30.2 Å². The molecule has 1 aromatic carbocycles. The monoisotopic (exact) mass is 232 g/mol. The van der Waals surface area contributed by atoms with E-state index in [1.807, 2.05) is 18.2 Å². The zero-order valence-electron chi connectivity index (χ0n) is 8.56. The topological polar surface area (TPSA) is 12.0 Å². The summed E-state index contributed by atoms with van der Waals surface area (Å²) in [5.41, 5.74) is 1.24. The van der Waals surface area contributed by atoms with Crippen LogP contribution in [0.5, 0.6) is 0 Å². The molecule has 0 unspecified atom stereocenters. The van der Waals surface area contributed by atoms with Crippen LogP contribution in [0.15, 0.2) is 24.3 Å². The molecule has 80 valence electrons. The van der Waals surface area contributed by atoms with E-state index in [1.165, 1.54) is 5.56 Å². The van der Waals surface area contributed by atoms with E-state index in [4.69, 9.17) is 11.6 Å². The molecule has 1 nitrogen and oxygen atoms in total. The van der Waals surface area contributed by atoms with Gasteiger partial charge in [-0.25, -0.2) is 0 Å². The van der Waals surface area contributed by atoms with Crippen LogP contribution in [0, 0.1) is 5.92 Å². The third kappa shape index (κ3) is 5.48. The summed E-state index contributed by atoms with van der Waals surface area (Å²) < 4.78 is 0. The summed E-state index contributed by atoms with van der Waals surface area (Å²) in [6.45, 7) is 6.35. The first-order chi connectivity index (χ1) is 6.18. The van der Waals surface area contributed by atoms with Gasteiger partial charge in [0.2, 0.25) is 0 Å². The summed E-state index contributed by atoms with van der Waals surface area (Å²) >= 11 is 5.86. The number of hydrogen-bond donors (Lipinski definition) is 1. The average molecular weight is 233 g/mol. The average Bonchev–Trinajstić information content (AvgIpc) is 2.03. The summed E-state index contributed by atoms with van der Waals surface area (Å²) in [5, 5.41) is 4.18. The normalized spacial score (nSPS) is 10.0. The molecule has 0 aliphatic heterocycles. The predicted octanol–water partition coefficient (Wildman–Crippen LogP) is 0.0896. The highest BCUT2D eigenvalue weighted by Crippen LogP contribution is 2.10. The van der Waals surface area contributed by atoms with Gasteiger partial charge in [0.05, 0.1) is 0 Å². The molecule has 0 saturated heterocycles. The van der Waals surface area contributed by atoms with Crippen LogP contribution in [0.4, 0.5) is 0 Å². The van der Waals surface area contributed by atoms with E-state index < -0.39 is 0 Å². The summed E-state index contributed by atoms with van der Waals surface area (Å²) in [5.74, 6) is 0.694. The molecule has 1 N–H and O–H groups in total. The van der Waals surface area contributed by atoms with Crippen molar-refractivity contribution in [2.45, 2.75) is 20.4 Å². The Balaban J connectivity index is 0.00000169. The molecule has 0 bridgehead atoms. The van der Waals surface area contributed by atoms with Gasteiger partial charge < -0.3 is 17.7 Å². The molecule has 0 amide bonds. The van der Waals surface area contributed by atoms with E-state index in [0.29, 0.717) is 5.92 Å². The van der Waals surface area contributed by atoms with Crippen LogP contribution in [0.2, 0.25) is 5.02 Å². The predicted molar refractivity (Wildman–Crippen MR) is 58.0 cm³/mol. The molecule has 14 heavy (non-hydrogen) atoms. The third-order valence-corrected chi connectivity index (χ3v) is 2.01. The van der Waals surface area contributed by atoms with Gasteiger partial charge >= 0.3 is 0 Å². The van der Waals surface area contributed by atoms with Crippen molar-refractivity contribution in [3.8, 4) is 0 Å². The molecule has 0 fully saturated rings. The lowest BCUT2D eigenvalue weighted by Gasteiger charge is -2.07. The Morgan fingerprint density at radius 2 is 2.07 bits per heavy atom. The molecule has 0 radical (unpaired) electrons. The molecular weight excluding hydrogens is 217 g/mol. The summed E-state index contributed by atoms with van der Waals surface area (Å²) in [6, 6.07) is 7.95. The molecule has 0 heterocycles. The van der Waals surface area contributed by atoms with Crippen molar-refractivity contribution in [1.82, 2.24) is 5.32 Å². The van der Waals surface area contributed by atoms with Crippen molar-refractivity contribution < 1.29 is 12.4 Å². The number of nitrogens with one attached hydrogen (secondary N) is 1. The molecule has 0 aliphatic carbocycles. The summed E-state index contributed by atoms with van der Waals surface area (Å²) in [7, 11) is 0. The number of hydrogen-bond acceptors (Lipinski definition) is 1. The number of benzene rings is 1. The Kier molecular flexibility index (Phi) is 6.98. The Hall–Kier alpha value is -0.240. The maximum atomic E-state index is 5.86. The van der Waals surface area contributed by atoms with Crippen molar-refractivity contribution in [1.29, 1.82) is 0 Å². The Morgan fingerprint density at radius 1 is 1.36 bits per heavy atom. The highest BCUT2D eigenvalue weighted by molar-refractivity contribution is 6.30. The van der Waals surface area contributed by atoms with Crippen molar-refractivity contribution >= 4 is 11.6 Å². The molecule has 0 aliphatic rings. The first-order valence-corrected chi connectivity index (χ1v) is 5.01. The van der Waals surface area contributed by atoms with Crippen LogP contribution in [0.25, 0.3) is 0 Å². The van der Waals surface area contributed by atoms with E-state index in [9.17, 15) is 0 Å². The Labute approximate surface area is 97.3 Å². The van der Waals surface area contributed by atoms with Crippen LogP contribution >= 0.6 is 11.6 Å². The fourth-order valence-corrected chi connectivity index (χ4v) is 1.36. The lowest BCUT2D eigenvalue weighted by Crippen LogP contribution is -3.00. The van der Waals surface area contributed by atoms with Crippen molar-refractivity contribution in [2.75, 3.05) is 6.54 Å². The van der Waals surface area contributed by atoms with Gasteiger partial charge in [-0.15, -0.1) is 0 Å². The minimum absolute atomic E-state index is 0. The first kappa shape index (κ1) is 13.8. The molecule has 0 atom stereocenters. The second-order valence-electron chi connectivity index (χ2n) is 3.65. The lowest BCUT2D eigenvalue weighted by molar-refractivity contribution is -0.00000283. The Bertz CT molecular complexity index is 261. The number of halogens is 2. The summed E-state index contributed by atoms with van der Waals surface area (Å²) in [4.78, 5) is 0. The minimum Gasteiger partial charge on any atom is -1.00 e. The molecule has 3 heteroatoms. The van der Waals surface area contributed by atoms with Gasteiger partial charge in [-0.3, -0.25) is 0 Å².